The second-order valence-electron chi connectivity index (χ2n) is 16.0. The number of hydrogen-bond acceptors (Lipinski definition) is 6. The Bertz CT molecular complexity index is 2410. The van der Waals surface area contributed by atoms with Crippen molar-refractivity contribution in [3.63, 3.8) is 0 Å². The van der Waals surface area contributed by atoms with Crippen LogP contribution in [0, 0.1) is 66.6 Å². The molecule has 4 aromatic rings. The fourth-order valence-corrected chi connectivity index (χ4v) is 8.88. The minimum atomic E-state index is -0.608. The van der Waals surface area contributed by atoms with Crippen LogP contribution >= 0.6 is 11.6 Å². The molecule has 0 spiro atoms. The number of amides is 3. The first kappa shape index (κ1) is 38.2. The molecule has 9 nitrogen and oxygen atoms in total. The van der Waals surface area contributed by atoms with Crippen molar-refractivity contribution in [2.75, 3.05) is 19.6 Å². The number of halogens is 1. The van der Waals surface area contributed by atoms with Crippen molar-refractivity contribution in [1.29, 1.82) is 5.26 Å². The number of nitrogens with zero attached hydrogens (tertiary/aromatic N) is 5. The number of likely N-dealkylation sites (tertiary alicyclic amines) is 1. The summed E-state index contributed by atoms with van der Waals surface area (Å²) in [6.07, 6.45) is 6.32. The van der Waals surface area contributed by atoms with Crippen LogP contribution in [0.3, 0.4) is 0 Å². The van der Waals surface area contributed by atoms with Crippen LogP contribution in [0.2, 0.25) is 5.02 Å². The first-order valence-electron chi connectivity index (χ1n) is 20.0. The lowest BCUT2D eigenvalue weighted by atomic mass is 9.82. The fourth-order valence-electron chi connectivity index (χ4n) is 8.66. The molecule has 3 amide bonds. The van der Waals surface area contributed by atoms with Crippen LogP contribution in [0.5, 0.6) is 0 Å². The monoisotopic (exact) mass is 776 g/mol. The van der Waals surface area contributed by atoms with E-state index in [9.17, 15) is 19.6 Å². The van der Waals surface area contributed by atoms with Crippen LogP contribution in [0.15, 0.2) is 60.7 Å². The molecule has 2 atom stereocenters. The summed E-state index contributed by atoms with van der Waals surface area (Å²) in [7, 11) is 0. The van der Waals surface area contributed by atoms with Gasteiger partial charge in [-0.15, -0.1) is 0 Å². The maximum atomic E-state index is 13.2. The van der Waals surface area contributed by atoms with Gasteiger partial charge >= 0.3 is 0 Å². The Labute approximate surface area is 339 Å². The van der Waals surface area contributed by atoms with Crippen LogP contribution < -0.4 is 5.32 Å². The SMILES string of the molecule is Cc1c(-c2ccc(C#N)c(Cl)c2)nn(Cc2ccc(C#CC3CCC(CN4CCC(C#Cc5ccc6c(c5)C(=O)N(C5CCC(=O)NC5=O)C6)C4)CC3)cc2)c1C. The summed E-state index contributed by atoms with van der Waals surface area (Å²) in [6.45, 7) is 8.33. The van der Waals surface area contributed by atoms with Gasteiger partial charge in [0.25, 0.3) is 5.91 Å². The van der Waals surface area contributed by atoms with Crippen LogP contribution in [0.4, 0.5) is 0 Å². The Balaban J connectivity index is 0.787. The van der Waals surface area contributed by atoms with Gasteiger partial charge in [0.15, 0.2) is 0 Å². The smallest absolute Gasteiger partial charge is 0.255 e. The summed E-state index contributed by atoms with van der Waals surface area (Å²) < 4.78 is 2.02. The highest BCUT2D eigenvalue weighted by Gasteiger charge is 2.39. The molecule has 0 radical (unpaired) electrons. The number of nitrogens with one attached hydrogen (secondary N) is 1. The van der Waals surface area contributed by atoms with Gasteiger partial charge in [0.2, 0.25) is 11.8 Å². The van der Waals surface area contributed by atoms with Crippen molar-refractivity contribution in [2.45, 2.75) is 77.9 Å². The van der Waals surface area contributed by atoms with E-state index < -0.39 is 11.9 Å². The summed E-state index contributed by atoms with van der Waals surface area (Å²) in [5.41, 5.74) is 8.95. The molecule has 1 saturated carbocycles. The van der Waals surface area contributed by atoms with Gasteiger partial charge in [-0.1, -0.05) is 59.5 Å². The van der Waals surface area contributed by atoms with E-state index in [-0.39, 0.29) is 18.2 Å². The van der Waals surface area contributed by atoms with Crippen molar-refractivity contribution in [3.05, 3.63) is 110 Å². The highest BCUT2D eigenvalue weighted by atomic mass is 35.5. The highest BCUT2D eigenvalue weighted by Crippen LogP contribution is 2.32. The molecule has 1 aliphatic carbocycles. The molecular weight excluding hydrogens is 732 g/mol. The van der Waals surface area contributed by atoms with E-state index in [2.05, 4.69) is 78.1 Å². The lowest BCUT2D eigenvalue weighted by Crippen LogP contribution is -2.52. The van der Waals surface area contributed by atoms with Crippen molar-refractivity contribution in [3.8, 4) is 41.0 Å². The zero-order chi connectivity index (χ0) is 39.6. The van der Waals surface area contributed by atoms with E-state index in [1.165, 1.54) is 12.8 Å². The molecule has 3 fully saturated rings. The highest BCUT2D eigenvalue weighted by molar-refractivity contribution is 6.32. The Hall–Kier alpha value is -5.66. The summed E-state index contributed by atoms with van der Waals surface area (Å²) in [5.74, 6) is 14.4. The molecule has 2 unspecified atom stereocenters. The quantitative estimate of drug-likeness (QED) is 0.166. The number of imide groups is 1. The molecule has 1 aromatic heterocycles. The van der Waals surface area contributed by atoms with Crippen LogP contribution in [0.25, 0.3) is 11.3 Å². The summed E-state index contributed by atoms with van der Waals surface area (Å²) >= 11 is 6.31. The third-order valence-corrected chi connectivity index (χ3v) is 12.5. The van der Waals surface area contributed by atoms with Crippen molar-refractivity contribution in [1.82, 2.24) is 24.9 Å². The number of piperidine rings is 1. The topological polar surface area (TPSA) is 111 Å². The third-order valence-electron chi connectivity index (χ3n) is 12.2. The zero-order valence-corrected chi connectivity index (χ0v) is 33.2. The standard InChI is InChI=1S/C47H45ClN6O3/c1-30-31(2)54(51-45(30)38-17-18-39(25-49)42(48)24-38)28-36-12-7-33(8-13-36)4-3-32-5-10-35(11-6-32)26-52-22-21-37(27-52)14-9-34-15-16-40-29-53(47(57)41(40)23-34)43-19-20-44(55)50-46(43)56/h7-8,12-13,15-18,23-24,32,35,37,43H,5-6,10-11,19-22,26-29H2,1-2H3,(H,50,55,56). The molecule has 57 heavy (non-hydrogen) atoms. The summed E-state index contributed by atoms with van der Waals surface area (Å²) in [4.78, 5) is 41.3. The van der Waals surface area contributed by atoms with E-state index >= 15 is 0 Å². The molecule has 0 bridgehead atoms. The van der Waals surface area contributed by atoms with Crippen LogP contribution in [-0.4, -0.2) is 63.0 Å². The molecule has 2 saturated heterocycles. The zero-order valence-electron chi connectivity index (χ0n) is 32.4. The number of fused-ring (bicyclic) bond motifs is 1. The molecule has 3 aliphatic heterocycles. The van der Waals surface area contributed by atoms with E-state index in [4.69, 9.17) is 16.7 Å². The maximum Gasteiger partial charge on any atom is 0.255 e. The number of aromatic nitrogens is 2. The van der Waals surface area contributed by atoms with Crippen LogP contribution in [-0.2, 0) is 22.7 Å². The first-order chi connectivity index (χ1) is 27.6. The number of carbonyl (C=O) groups excluding carboxylic acids is 3. The minimum absolute atomic E-state index is 0.165. The largest absolute Gasteiger partial charge is 0.322 e. The van der Waals surface area contributed by atoms with E-state index in [0.717, 1.165) is 83.7 Å². The number of benzene rings is 3. The van der Waals surface area contributed by atoms with Gasteiger partial charge in [-0.3, -0.25) is 24.4 Å². The van der Waals surface area contributed by atoms with Gasteiger partial charge in [-0.25, -0.2) is 0 Å². The third kappa shape index (κ3) is 8.40. The average molecular weight is 777 g/mol. The van der Waals surface area contributed by atoms with Gasteiger partial charge in [0.05, 0.1) is 22.8 Å². The number of hydrogen-bond donors (Lipinski definition) is 1. The maximum absolute atomic E-state index is 13.2. The van der Waals surface area contributed by atoms with Gasteiger partial charge < -0.3 is 9.80 Å². The minimum Gasteiger partial charge on any atom is -0.322 e. The van der Waals surface area contributed by atoms with Crippen molar-refractivity contribution in [2.24, 2.45) is 17.8 Å². The average Bonchev–Trinajstić information content (AvgIpc) is 3.89. The molecule has 8 rings (SSSR count). The molecule has 288 valence electrons. The molecule has 4 heterocycles. The van der Waals surface area contributed by atoms with Gasteiger partial charge in [-0.2, -0.15) is 10.4 Å². The second-order valence-corrected chi connectivity index (χ2v) is 16.4. The van der Waals surface area contributed by atoms with Gasteiger partial charge in [-0.05, 0) is 118 Å². The lowest BCUT2D eigenvalue weighted by molar-refractivity contribution is -0.136. The summed E-state index contributed by atoms with van der Waals surface area (Å²) in [5, 5.41) is 16.9. The second kappa shape index (κ2) is 16.4. The predicted molar refractivity (Wildman–Crippen MR) is 219 cm³/mol. The Kier molecular flexibility index (Phi) is 11.0. The van der Waals surface area contributed by atoms with E-state index in [1.807, 2.05) is 35.0 Å². The molecular formula is C47H45ClN6O3. The molecule has 1 N–H and O–H groups in total. The number of nitriles is 1. The van der Waals surface area contributed by atoms with Gasteiger partial charge in [0, 0.05) is 65.8 Å². The molecule has 4 aliphatic rings. The Morgan fingerprint density at radius 3 is 2.39 bits per heavy atom. The summed E-state index contributed by atoms with van der Waals surface area (Å²) in [6, 6.07) is 21.2. The molecule has 3 aromatic carbocycles. The number of rotatable bonds is 6. The van der Waals surface area contributed by atoms with Crippen molar-refractivity contribution < 1.29 is 14.4 Å². The predicted octanol–water partition coefficient (Wildman–Crippen LogP) is 7.03. The fraction of sp³-hybridized carbons (Fsp3) is 0.383. The van der Waals surface area contributed by atoms with Crippen molar-refractivity contribution >= 4 is 29.3 Å². The Morgan fingerprint density at radius 1 is 0.877 bits per heavy atom. The molecule has 10 heteroatoms. The Morgan fingerprint density at radius 2 is 1.63 bits per heavy atom. The lowest BCUT2D eigenvalue weighted by Gasteiger charge is -2.29. The first-order valence-corrected chi connectivity index (χ1v) is 20.4. The van der Waals surface area contributed by atoms with Gasteiger partial charge in [0.1, 0.15) is 12.1 Å². The van der Waals surface area contributed by atoms with Crippen LogP contribution in [0.1, 0.15) is 94.4 Å². The number of carbonyl (C=O) groups is 3. The van der Waals surface area contributed by atoms with E-state index in [1.54, 1.807) is 11.0 Å². The normalized spacial score (nSPS) is 21.9. The van der Waals surface area contributed by atoms with E-state index in [0.29, 0.717) is 53.4 Å².